The molecule has 2 aromatic carbocycles. The van der Waals surface area contributed by atoms with Crippen molar-refractivity contribution in [2.24, 2.45) is 5.10 Å². The van der Waals surface area contributed by atoms with Crippen LogP contribution in [0.5, 0.6) is 17.4 Å². The van der Waals surface area contributed by atoms with Gasteiger partial charge in [0.25, 0.3) is 11.6 Å². The molecule has 0 radical (unpaired) electrons. The largest absolute Gasteiger partial charge is 0.467 e. The molecule has 0 unspecified atom stereocenters. The summed E-state index contributed by atoms with van der Waals surface area (Å²) < 4.78 is 16.7. The fourth-order valence-corrected chi connectivity index (χ4v) is 3.59. The Kier molecular flexibility index (Phi) is 9.57. The number of nitriles is 1. The first-order valence-electron chi connectivity index (χ1n) is 10.9. The van der Waals surface area contributed by atoms with Crippen molar-refractivity contribution >= 4 is 39.4 Å². The van der Waals surface area contributed by atoms with Crippen molar-refractivity contribution in [2.75, 3.05) is 13.7 Å². The van der Waals surface area contributed by atoms with Crippen molar-refractivity contribution in [1.82, 2.24) is 10.4 Å². The maximum absolute atomic E-state index is 12.2. The summed E-state index contributed by atoms with van der Waals surface area (Å²) in [6.45, 7) is 1.37. The number of pyridine rings is 1. The van der Waals surface area contributed by atoms with Crippen LogP contribution in [0.4, 0.5) is 11.4 Å². The third-order valence-electron chi connectivity index (χ3n) is 4.95. The van der Waals surface area contributed by atoms with E-state index in [4.69, 9.17) is 14.2 Å². The van der Waals surface area contributed by atoms with Crippen LogP contribution in [0.2, 0.25) is 0 Å². The maximum Gasteiger partial charge on any atom is 0.318 e. The number of non-ortho nitro benzene ring substituents is 1. The van der Waals surface area contributed by atoms with E-state index in [1.54, 1.807) is 19.1 Å². The summed E-state index contributed by atoms with van der Waals surface area (Å²) in [6.07, 6.45) is 1.30. The van der Waals surface area contributed by atoms with Crippen molar-refractivity contribution in [3.63, 3.8) is 0 Å². The number of nitrogens with zero attached hydrogens (tertiary/aromatic N) is 5. The molecule has 200 valence electrons. The number of amides is 1. The number of methoxy groups -OCH3 is 1. The first-order chi connectivity index (χ1) is 18.6. The summed E-state index contributed by atoms with van der Waals surface area (Å²) >= 11 is 3.37. The maximum atomic E-state index is 12.2. The van der Waals surface area contributed by atoms with E-state index < -0.39 is 33.7 Å². The van der Waals surface area contributed by atoms with Gasteiger partial charge in [0.15, 0.2) is 6.61 Å². The standard InChI is InChI=1S/C24H19BrN6O8/c1-14-23(25)19(12-37-2)18(10-26)24(28-14)38-13-22(32)29-27-11-15-4-3-5-17(8-15)39-21-7-6-16(30(33)34)9-20(21)31(35)36/h3-9,11H,12-13H2,1-2H3,(H,29,32)/b27-11-. The molecular formula is C24H19BrN6O8. The van der Waals surface area contributed by atoms with Gasteiger partial charge in [-0.25, -0.2) is 10.4 Å². The second-order valence-electron chi connectivity index (χ2n) is 7.64. The lowest BCUT2D eigenvalue weighted by molar-refractivity contribution is -0.394. The Morgan fingerprint density at radius 3 is 2.67 bits per heavy atom. The van der Waals surface area contributed by atoms with Crippen LogP contribution in [0.25, 0.3) is 0 Å². The molecule has 0 saturated heterocycles. The van der Waals surface area contributed by atoms with Gasteiger partial charge in [-0.15, -0.1) is 0 Å². The molecule has 15 heteroatoms. The van der Waals surface area contributed by atoms with Crippen LogP contribution in [-0.4, -0.2) is 40.7 Å². The second kappa shape index (κ2) is 13.0. The molecular weight excluding hydrogens is 580 g/mol. The van der Waals surface area contributed by atoms with Crippen molar-refractivity contribution in [2.45, 2.75) is 13.5 Å². The summed E-state index contributed by atoms with van der Waals surface area (Å²) in [4.78, 5) is 37.1. The minimum atomic E-state index is -0.783. The highest BCUT2D eigenvalue weighted by atomic mass is 79.9. The summed E-state index contributed by atoms with van der Waals surface area (Å²) in [5.74, 6) is -0.639. The van der Waals surface area contributed by atoms with E-state index in [0.717, 1.165) is 18.2 Å². The minimum Gasteiger partial charge on any atom is -0.467 e. The van der Waals surface area contributed by atoms with Gasteiger partial charge in [0.05, 0.1) is 34.4 Å². The molecule has 0 aliphatic heterocycles. The number of aryl methyl sites for hydroxylation is 1. The Bertz CT molecular complexity index is 1500. The molecule has 0 aliphatic carbocycles. The molecule has 0 fully saturated rings. The Labute approximate surface area is 229 Å². The lowest BCUT2D eigenvalue weighted by Gasteiger charge is -2.13. The fraction of sp³-hybridized carbons (Fsp3) is 0.167. The zero-order chi connectivity index (χ0) is 28.5. The fourth-order valence-electron chi connectivity index (χ4n) is 3.19. The van der Waals surface area contributed by atoms with E-state index in [0.29, 0.717) is 21.3 Å². The predicted octanol–water partition coefficient (Wildman–Crippen LogP) is 4.31. The molecule has 1 aromatic heterocycles. The molecule has 39 heavy (non-hydrogen) atoms. The lowest BCUT2D eigenvalue weighted by Crippen LogP contribution is -2.25. The number of aromatic nitrogens is 1. The lowest BCUT2D eigenvalue weighted by atomic mass is 10.1. The van der Waals surface area contributed by atoms with Crippen LogP contribution >= 0.6 is 15.9 Å². The number of nitro benzene ring substituents is 2. The number of halogens is 1. The van der Waals surface area contributed by atoms with Crippen LogP contribution in [0, 0.1) is 38.5 Å². The van der Waals surface area contributed by atoms with Gasteiger partial charge in [-0.2, -0.15) is 10.4 Å². The highest BCUT2D eigenvalue weighted by Crippen LogP contribution is 2.34. The summed E-state index contributed by atoms with van der Waals surface area (Å²) in [6, 6.07) is 11.3. The molecule has 1 N–H and O–H groups in total. The first-order valence-corrected chi connectivity index (χ1v) is 11.7. The van der Waals surface area contributed by atoms with Crippen LogP contribution in [-0.2, 0) is 16.1 Å². The van der Waals surface area contributed by atoms with E-state index in [2.05, 4.69) is 31.4 Å². The van der Waals surface area contributed by atoms with Crippen LogP contribution in [0.1, 0.15) is 22.4 Å². The molecule has 14 nitrogen and oxygen atoms in total. The zero-order valence-corrected chi connectivity index (χ0v) is 22.0. The number of hydrazone groups is 1. The van der Waals surface area contributed by atoms with Crippen molar-refractivity contribution in [3.8, 4) is 23.4 Å². The van der Waals surface area contributed by atoms with Gasteiger partial charge in [0, 0.05) is 23.2 Å². The monoisotopic (exact) mass is 598 g/mol. The van der Waals surface area contributed by atoms with E-state index in [1.165, 1.54) is 25.5 Å². The Hall–Kier alpha value is -4.94. The van der Waals surface area contributed by atoms with Gasteiger partial charge in [0.1, 0.15) is 17.4 Å². The van der Waals surface area contributed by atoms with Crippen molar-refractivity contribution in [1.29, 1.82) is 5.26 Å². The predicted molar refractivity (Wildman–Crippen MR) is 140 cm³/mol. The van der Waals surface area contributed by atoms with Gasteiger partial charge < -0.3 is 14.2 Å². The SMILES string of the molecule is COCc1c(Br)c(C)nc(OCC(=O)N/N=C\c2cccc(Oc3ccc([N+](=O)[O-])cc3[N+](=O)[O-])c2)c1C#N. The number of benzene rings is 2. The van der Waals surface area contributed by atoms with Gasteiger partial charge in [0.2, 0.25) is 11.6 Å². The zero-order valence-electron chi connectivity index (χ0n) is 20.4. The number of ether oxygens (including phenoxy) is 3. The second-order valence-corrected chi connectivity index (χ2v) is 8.43. The molecule has 0 bridgehead atoms. The highest BCUT2D eigenvalue weighted by Gasteiger charge is 2.21. The quantitative estimate of drug-likeness (QED) is 0.189. The summed E-state index contributed by atoms with van der Waals surface area (Å²) in [5.41, 5.74) is 2.97. The minimum absolute atomic E-state index is 0.0189. The van der Waals surface area contributed by atoms with E-state index in [9.17, 15) is 30.3 Å². The Morgan fingerprint density at radius 2 is 2.00 bits per heavy atom. The van der Waals surface area contributed by atoms with Gasteiger partial charge in [-0.3, -0.25) is 25.0 Å². The topological polar surface area (TPSA) is 192 Å². The number of carbonyl (C=O) groups excluding carboxylic acids is 1. The third-order valence-corrected chi connectivity index (χ3v) is 6.00. The van der Waals surface area contributed by atoms with Crippen LogP contribution in [0.15, 0.2) is 52.0 Å². The van der Waals surface area contributed by atoms with Gasteiger partial charge in [-0.1, -0.05) is 12.1 Å². The van der Waals surface area contributed by atoms with Crippen molar-refractivity contribution in [3.05, 3.63) is 89.6 Å². The van der Waals surface area contributed by atoms with E-state index in [1.807, 2.05) is 6.07 Å². The molecule has 1 heterocycles. The smallest absolute Gasteiger partial charge is 0.318 e. The summed E-state index contributed by atoms with van der Waals surface area (Å²) in [5, 5.41) is 35.6. The third kappa shape index (κ3) is 7.31. The highest BCUT2D eigenvalue weighted by molar-refractivity contribution is 9.10. The first kappa shape index (κ1) is 28.6. The molecule has 3 rings (SSSR count). The van der Waals surface area contributed by atoms with Crippen LogP contribution < -0.4 is 14.9 Å². The number of hydrogen-bond donors (Lipinski definition) is 1. The number of nitro groups is 2. The number of hydrogen-bond acceptors (Lipinski definition) is 11. The average molecular weight is 599 g/mol. The van der Waals surface area contributed by atoms with Gasteiger partial charge in [-0.05, 0) is 46.6 Å². The van der Waals surface area contributed by atoms with E-state index in [-0.39, 0.29) is 29.5 Å². The average Bonchev–Trinajstić information content (AvgIpc) is 2.90. The van der Waals surface area contributed by atoms with Crippen molar-refractivity contribution < 1.29 is 28.9 Å². The molecule has 0 atom stereocenters. The molecule has 0 saturated carbocycles. The molecule has 3 aromatic rings. The number of rotatable bonds is 11. The normalized spacial score (nSPS) is 10.6. The van der Waals surface area contributed by atoms with E-state index >= 15 is 0 Å². The molecule has 1 amide bonds. The summed E-state index contributed by atoms with van der Waals surface area (Å²) in [7, 11) is 1.48. The molecule has 0 spiro atoms. The Balaban J connectivity index is 1.65. The van der Waals surface area contributed by atoms with Gasteiger partial charge >= 0.3 is 5.69 Å². The molecule has 0 aliphatic rings. The van der Waals surface area contributed by atoms with Crippen LogP contribution in [0.3, 0.4) is 0 Å². The Morgan fingerprint density at radius 1 is 1.23 bits per heavy atom. The number of nitrogens with one attached hydrogen (secondary N) is 1. The number of carbonyl (C=O) groups is 1.